The highest BCUT2D eigenvalue weighted by atomic mass is 16.5. The first-order chi connectivity index (χ1) is 16.1. The molecule has 0 unspecified atom stereocenters. The van der Waals surface area contributed by atoms with Gasteiger partial charge in [0.15, 0.2) is 0 Å². The van der Waals surface area contributed by atoms with Crippen LogP contribution in [0.15, 0.2) is 48.5 Å². The Labute approximate surface area is 193 Å². The van der Waals surface area contributed by atoms with Gasteiger partial charge < -0.3 is 21.1 Å². The van der Waals surface area contributed by atoms with Crippen molar-refractivity contribution in [3.05, 3.63) is 54.1 Å². The molecule has 1 fully saturated rings. The summed E-state index contributed by atoms with van der Waals surface area (Å²) in [7, 11) is 0. The van der Waals surface area contributed by atoms with Gasteiger partial charge in [0.1, 0.15) is 12.4 Å². The van der Waals surface area contributed by atoms with E-state index in [1.54, 1.807) is 0 Å². The van der Waals surface area contributed by atoms with E-state index < -0.39 is 6.03 Å². The van der Waals surface area contributed by atoms with E-state index in [9.17, 15) is 4.79 Å². The molecule has 33 heavy (non-hydrogen) atoms. The first-order valence-electron chi connectivity index (χ1n) is 11.5. The van der Waals surface area contributed by atoms with E-state index >= 15 is 0 Å². The van der Waals surface area contributed by atoms with Crippen molar-refractivity contribution in [1.29, 1.82) is 0 Å². The lowest BCUT2D eigenvalue weighted by atomic mass is 10.1. The molecule has 2 heterocycles. The third kappa shape index (κ3) is 6.23. The normalized spacial score (nSPS) is 14.1. The summed E-state index contributed by atoms with van der Waals surface area (Å²) in [5, 5.41) is 10.0. The standard InChI is InChI=1S/C24H31N7O2/c1-2-18-6-8-20(9-7-18)27-24(32)31-22(25)28-23(29-31)26-19-10-12-21(13-11-19)33-17-16-30-14-4-3-5-15-30/h6-13H,2-5,14-17H2,1H3,(H,27,32)(H3,25,26,28,29). The molecule has 0 bridgehead atoms. The number of anilines is 4. The van der Waals surface area contributed by atoms with Crippen LogP contribution in [0.1, 0.15) is 31.7 Å². The van der Waals surface area contributed by atoms with Crippen molar-refractivity contribution < 1.29 is 9.53 Å². The number of carbonyl (C=O) groups excluding carboxylic acids is 1. The summed E-state index contributed by atoms with van der Waals surface area (Å²) < 4.78 is 6.90. The molecule has 1 amide bonds. The topological polar surface area (TPSA) is 110 Å². The number of nitrogen functional groups attached to an aromatic ring is 1. The van der Waals surface area contributed by atoms with Crippen LogP contribution < -0.4 is 21.1 Å². The molecule has 1 aliphatic heterocycles. The van der Waals surface area contributed by atoms with Crippen LogP contribution >= 0.6 is 0 Å². The molecule has 9 nitrogen and oxygen atoms in total. The van der Waals surface area contributed by atoms with Crippen LogP contribution in [0.3, 0.4) is 0 Å². The minimum absolute atomic E-state index is 0.00200. The summed E-state index contributed by atoms with van der Waals surface area (Å²) in [6.45, 7) is 6.03. The molecule has 0 saturated carbocycles. The zero-order chi connectivity index (χ0) is 23.0. The number of likely N-dealkylation sites (tertiary alicyclic amines) is 1. The number of piperidine rings is 1. The fourth-order valence-corrected chi connectivity index (χ4v) is 3.77. The Morgan fingerprint density at radius 2 is 1.73 bits per heavy atom. The zero-order valence-electron chi connectivity index (χ0n) is 19.0. The van der Waals surface area contributed by atoms with Gasteiger partial charge in [0, 0.05) is 17.9 Å². The summed E-state index contributed by atoms with van der Waals surface area (Å²) in [5.41, 5.74) is 8.53. The van der Waals surface area contributed by atoms with Gasteiger partial charge in [-0.1, -0.05) is 25.5 Å². The van der Waals surface area contributed by atoms with Crippen molar-refractivity contribution in [2.24, 2.45) is 0 Å². The average molecular weight is 450 g/mol. The Bertz CT molecular complexity index is 1040. The van der Waals surface area contributed by atoms with Crippen LogP contribution in [0, 0.1) is 0 Å². The third-order valence-corrected chi connectivity index (χ3v) is 5.67. The van der Waals surface area contributed by atoms with Crippen molar-refractivity contribution in [3.8, 4) is 5.75 Å². The monoisotopic (exact) mass is 449 g/mol. The van der Waals surface area contributed by atoms with E-state index in [2.05, 4.69) is 32.5 Å². The predicted octanol–water partition coefficient (Wildman–Crippen LogP) is 4.11. The molecule has 0 atom stereocenters. The van der Waals surface area contributed by atoms with E-state index in [-0.39, 0.29) is 11.9 Å². The number of benzene rings is 2. The van der Waals surface area contributed by atoms with E-state index in [4.69, 9.17) is 10.5 Å². The molecule has 0 spiro atoms. The summed E-state index contributed by atoms with van der Waals surface area (Å²) in [6, 6.07) is 14.7. The van der Waals surface area contributed by atoms with Crippen LogP contribution in [0.25, 0.3) is 0 Å². The maximum absolute atomic E-state index is 12.5. The Morgan fingerprint density at radius 3 is 2.42 bits per heavy atom. The number of nitrogens with two attached hydrogens (primary N) is 1. The maximum Gasteiger partial charge on any atom is 0.349 e. The maximum atomic E-state index is 12.5. The predicted molar refractivity (Wildman–Crippen MR) is 130 cm³/mol. The summed E-state index contributed by atoms with van der Waals surface area (Å²) in [5.74, 6) is 1.05. The van der Waals surface area contributed by atoms with E-state index in [1.807, 2.05) is 48.5 Å². The molecule has 3 aromatic rings. The number of aromatic nitrogens is 3. The molecule has 4 rings (SSSR count). The van der Waals surface area contributed by atoms with Gasteiger partial charge in [-0.3, -0.25) is 4.90 Å². The van der Waals surface area contributed by atoms with Gasteiger partial charge in [0.05, 0.1) is 0 Å². The lowest BCUT2D eigenvalue weighted by molar-refractivity contribution is 0.183. The molecular formula is C24H31N7O2. The second-order valence-electron chi connectivity index (χ2n) is 8.09. The van der Waals surface area contributed by atoms with Crippen LogP contribution in [0.4, 0.5) is 28.1 Å². The molecule has 0 radical (unpaired) electrons. The quantitative estimate of drug-likeness (QED) is 0.475. The third-order valence-electron chi connectivity index (χ3n) is 5.67. The van der Waals surface area contributed by atoms with Crippen LogP contribution in [-0.2, 0) is 6.42 Å². The van der Waals surface area contributed by atoms with Gasteiger partial charge in [-0.25, -0.2) is 4.79 Å². The molecule has 174 valence electrons. The SMILES string of the molecule is CCc1ccc(NC(=O)n2nc(Nc3ccc(OCCN4CCCCC4)cc3)nc2N)cc1. The zero-order valence-corrected chi connectivity index (χ0v) is 19.0. The van der Waals surface area contributed by atoms with Crippen molar-refractivity contribution in [3.63, 3.8) is 0 Å². The summed E-state index contributed by atoms with van der Waals surface area (Å²) in [4.78, 5) is 19.1. The first kappa shape index (κ1) is 22.6. The number of amides is 1. The Morgan fingerprint density at radius 1 is 1.03 bits per heavy atom. The number of nitrogens with zero attached hydrogens (tertiary/aromatic N) is 4. The molecule has 4 N–H and O–H groups in total. The molecule has 9 heteroatoms. The van der Waals surface area contributed by atoms with Crippen LogP contribution in [0.5, 0.6) is 5.75 Å². The van der Waals surface area contributed by atoms with Gasteiger partial charge in [-0.15, -0.1) is 9.78 Å². The minimum Gasteiger partial charge on any atom is -0.492 e. The first-order valence-corrected chi connectivity index (χ1v) is 11.5. The average Bonchev–Trinajstić information content (AvgIpc) is 3.21. The van der Waals surface area contributed by atoms with Crippen LogP contribution in [0.2, 0.25) is 0 Å². The number of ether oxygens (including phenoxy) is 1. The molecule has 1 aromatic heterocycles. The smallest absolute Gasteiger partial charge is 0.349 e. The number of carbonyl (C=O) groups is 1. The van der Waals surface area contributed by atoms with Crippen molar-refractivity contribution in [2.45, 2.75) is 32.6 Å². The number of hydrogen-bond donors (Lipinski definition) is 3. The van der Waals surface area contributed by atoms with Crippen molar-refractivity contribution in [1.82, 2.24) is 19.7 Å². The molecule has 0 aliphatic carbocycles. The van der Waals surface area contributed by atoms with E-state index in [0.717, 1.165) is 42.2 Å². The second kappa shape index (κ2) is 10.8. The number of rotatable bonds is 8. The van der Waals surface area contributed by atoms with Gasteiger partial charge in [-0.2, -0.15) is 4.98 Å². The van der Waals surface area contributed by atoms with Gasteiger partial charge in [0.25, 0.3) is 0 Å². The molecular weight excluding hydrogens is 418 g/mol. The number of hydrogen-bond acceptors (Lipinski definition) is 7. The molecule has 2 aromatic carbocycles. The summed E-state index contributed by atoms with van der Waals surface area (Å²) in [6.07, 6.45) is 4.83. The van der Waals surface area contributed by atoms with Crippen molar-refractivity contribution >= 4 is 29.3 Å². The minimum atomic E-state index is -0.477. The van der Waals surface area contributed by atoms with Gasteiger partial charge in [0.2, 0.25) is 11.9 Å². The largest absolute Gasteiger partial charge is 0.492 e. The highest BCUT2D eigenvalue weighted by Crippen LogP contribution is 2.20. The van der Waals surface area contributed by atoms with E-state index in [0.29, 0.717) is 12.3 Å². The van der Waals surface area contributed by atoms with Gasteiger partial charge >= 0.3 is 6.03 Å². The lowest BCUT2D eigenvalue weighted by Gasteiger charge is -2.26. The highest BCUT2D eigenvalue weighted by molar-refractivity contribution is 5.92. The molecule has 1 aliphatic rings. The lowest BCUT2D eigenvalue weighted by Crippen LogP contribution is -2.33. The van der Waals surface area contributed by atoms with Crippen molar-refractivity contribution in [2.75, 3.05) is 42.6 Å². The molecule has 1 saturated heterocycles. The summed E-state index contributed by atoms with van der Waals surface area (Å²) >= 11 is 0. The number of aryl methyl sites for hydroxylation is 1. The fourth-order valence-electron chi connectivity index (χ4n) is 3.77. The Balaban J connectivity index is 1.29. The Kier molecular flexibility index (Phi) is 7.41. The van der Waals surface area contributed by atoms with Crippen LogP contribution in [-0.4, -0.2) is 51.9 Å². The number of nitrogens with one attached hydrogen (secondary N) is 2. The Hall–Kier alpha value is -3.59. The fraction of sp³-hybridized carbons (Fsp3) is 0.375. The van der Waals surface area contributed by atoms with E-state index in [1.165, 1.54) is 24.8 Å². The highest BCUT2D eigenvalue weighted by Gasteiger charge is 2.15. The van der Waals surface area contributed by atoms with Gasteiger partial charge in [-0.05, 0) is 74.3 Å². The second-order valence-corrected chi connectivity index (χ2v) is 8.09.